The zero-order valence-electron chi connectivity index (χ0n) is 12.8. The lowest BCUT2D eigenvalue weighted by atomic mass is 10.1. The summed E-state index contributed by atoms with van der Waals surface area (Å²) in [6, 6.07) is 12.7. The van der Waals surface area contributed by atoms with Crippen molar-refractivity contribution in [2.45, 2.75) is 11.9 Å². The maximum Gasteiger partial charge on any atom is 0.342 e. The molecule has 0 unspecified atom stereocenters. The van der Waals surface area contributed by atoms with Gasteiger partial charge in [0, 0.05) is 5.39 Å². The van der Waals surface area contributed by atoms with Crippen molar-refractivity contribution in [2.24, 2.45) is 0 Å². The van der Waals surface area contributed by atoms with E-state index in [0.29, 0.717) is 5.69 Å². The largest absolute Gasteiger partial charge is 0.462 e. The second-order valence-corrected chi connectivity index (χ2v) is 6.58. The summed E-state index contributed by atoms with van der Waals surface area (Å²) < 4.78 is 32.6. The van der Waals surface area contributed by atoms with Crippen LogP contribution in [0.4, 0.5) is 5.69 Å². The van der Waals surface area contributed by atoms with E-state index < -0.39 is 16.0 Å². The number of anilines is 1. The van der Waals surface area contributed by atoms with Crippen molar-refractivity contribution in [1.29, 1.82) is 0 Å². The number of carbonyl (C=O) groups is 1. The molecule has 124 valence electrons. The SMILES string of the molecule is CCOC(=O)c1cn[nH]c1S(=O)(=O)Nc1cccc2ccccc12. The first-order valence-electron chi connectivity index (χ1n) is 7.24. The molecule has 0 atom stereocenters. The van der Waals surface area contributed by atoms with Crippen molar-refractivity contribution in [3.8, 4) is 0 Å². The van der Waals surface area contributed by atoms with Gasteiger partial charge in [-0.1, -0.05) is 36.4 Å². The number of carbonyl (C=O) groups excluding carboxylic acids is 1. The van der Waals surface area contributed by atoms with Crippen molar-refractivity contribution in [1.82, 2.24) is 10.2 Å². The standard InChI is InChI=1S/C16H15N3O4S/c1-2-23-16(20)13-10-17-18-15(13)24(21,22)19-14-9-5-7-11-6-3-4-8-12(11)14/h3-10,19H,2H2,1H3,(H,17,18). The van der Waals surface area contributed by atoms with Gasteiger partial charge in [0.25, 0.3) is 10.0 Å². The molecule has 1 aromatic heterocycles. The van der Waals surface area contributed by atoms with Crippen LogP contribution in [0.3, 0.4) is 0 Å². The van der Waals surface area contributed by atoms with Gasteiger partial charge in [0.1, 0.15) is 5.56 Å². The fourth-order valence-corrected chi connectivity index (χ4v) is 3.51. The Morgan fingerprint density at radius 2 is 1.96 bits per heavy atom. The molecule has 0 fully saturated rings. The second kappa shape index (κ2) is 6.32. The number of nitrogens with zero attached hydrogens (tertiary/aromatic N) is 1. The maximum absolute atomic E-state index is 12.6. The number of sulfonamides is 1. The number of hydrogen-bond donors (Lipinski definition) is 2. The van der Waals surface area contributed by atoms with Crippen molar-refractivity contribution in [3.05, 3.63) is 54.2 Å². The molecule has 0 saturated carbocycles. The van der Waals surface area contributed by atoms with Crippen LogP contribution in [0.2, 0.25) is 0 Å². The Balaban J connectivity index is 2.00. The summed E-state index contributed by atoms with van der Waals surface area (Å²) in [6.07, 6.45) is 1.13. The van der Waals surface area contributed by atoms with E-state index in [1.807, 2.05) is 30.3 Å². The van der Waals surface area contributed by atoms with E-state index in [4.69, 9.17) is 4.74 Å². The number of esters is 1. The lowest BCUT2D eigenvalue weighted by Crippen LogP contribution is -2.17. The zero-order valence-corrected chi connectivity index (χ0v) is 13.6. The van der Waals surface area contributed by atoms with Crippen molar-refractivity contribution in [2.75, 3.05) is 11.3 Å². The monoisotopic (exact) mass is 345 g/mol. The van der Waals surface area contributed by atoms with E-state index >= 15 is 0 Å². The first-order valence-corrected chi connectivity index (χ1v) is 8.72. The topological polar surface area (TPSA) is 101 Å². The third-order valence-electron chi connectivity index (χ3n) is 3.40. The minimum Gasteiger partial charge on any atom is -0.462 e. The van der Waals surface area contributed by atoms with Gasteiger partial charge in [-0.3, -0.25) is 9.82 Å². The van der Waals surface area contributed by atoms with Crippen molar-refractivity contribution in [3.63, 3.8) is 0 Å². The molecule has 3 rings (SSSR count). The molecule has 0 aliphatic rings. The molecule has 0 amide bonds. The van der Waals surface area contributed by atoms with Gasteiger partial charge in [0.05, 0.1) is 18.5 Å². The van der Waals surface area contributed by atoms with Crippen LogP contribution >= 0.6 is 0 Å². The number of ether oxygens (including phenoxy) is 1. The predicted molar refractivity (Wildman–Crippen MR) is 89.3 cm³/mol. The molecule has 0 aliphatic carbocycles. The maximum atomic E-state index is 12.6. The van der Waals surface area contributed by atoms with Crippen LogP contribution in [-0.2, 0) is 14.8 Å². The van der Waals surface area contributed by atoms with Crippen LogP contribution in [0.5, 0.6) is 0 Å². The summed E-state index contributed by atoms with van der Waals surface area (Å²) in [5, 5.41) is 7.32. The molecule has 24 heavy (non-hydrogen) atoms. The van der Waals surface area contributed by atoms with Crippen molar-refractivity contribution < 1.29 is 17.9 Å². The van der Waals surface area contributed by atoms with Gasteiger partial charge >= 0.3 is 5.97 Å². The second-order valence-electron chi connectivity index (χ2n) is 4.97. The molecule has 0 aliphatic heterocycles. The smallest absolute Gasteiger partial charge is 0.342 e. The molecule has 7 nitrogen and oxygen atoms in total. The molecule has 0 saturated heterocycles. The average Bonchev–Trinajstić information content (AvgIpc) is 3.06. The molecule has 0 radical (unpaired) electrons. The fourth-order valence-electron chi connectivity index (χ4n) is 2.34. The molecule has 2 aromatic carbocycles. The highest BCUT2D eigenvalue weighted by atomic mass is 32.2. The van der Waals surface area contributed by atoms with Gasteiger partial charge in [-0.2, -0.15) is 13.5 Å². The third-order valence-corrected chi connectivity index (χ3v) is 4.74. The van der Waals surface area contributed by atoms with Gasteiger partial charge in [-0.05, 0) is 18.4 Å². The van der Waals surface area contributed by atoms with Crippen molar-refractivity contribution >= 4 is 32.5 Å². The molecule has 2 N–H and O–H groups in total. The van der Waals surface area contributed by atoms with E-state index in [1.54, 1.807) is 19.1 Å². The zero-order chi connectivity index (χ0) is 17.2. The summed E-state index contributed by atoms with van der Waals surface area (Å²) in [6.45, 7) is 1.78. The lowest BCUT2D eigenvalue weighted by Gasteiger charge is -2.10. The summed E-state index contributed by atoms with van der Waals surface area (Å²) >= 11 is 0. The minimum atomic E-state index is -4.02. The number of benzene rings is 2. The molecule has 1 heterocycles. The molecule has 3 aromatic rings. The van der Waals surface area contributed by atoms with Crippen LogP contribution in [0.25, 0.3) is 10.8 Å². The van der Waals surface area contributed by atoms with E-state index in [0.717, 1.165) is 17.0 Å². The highest BCUT2D eigenvalue weighted by Crippen LogP contribution is 2.26. The molecular formula is C16H15N3O4S. The van der Waals surface area contributed by atoms with Gasteiger partial charge in [-0.25, -0.2) is 4.79 Å². The summed E-state index contributed by atoms with van der Waals surface area (Å²) in [5.41, 5.74) is 0.280. The van der Waals surface area contributed by atoms with Crippen LogP contribution in [0.15, 0.2) is 53.7 Å². The number of aromatic nitrogens is 2. The summed E-state index contributed by atoms with van der Waals surface area (Å²) in [5.74, 6) is -0.746. The van der Waals surface area contributed by atoms with Gasteiger partial charge in [0.15, 0.2) is 5.03 Å². The van der Waals surface area contributed by atoms with E-state index in [2.05, 4.69) is 14.9 Å². The summed E-state index contributed by atoms with van der Waals surface area (Å²) in [7, 11) is -4.02. The first-order chi connectivity index (χ1) is 11.5. The average molecular weight is 345 g/mol. The van der Waals surface area contributed by atoms with E-state index in [1.165, 1.54) is 0 Å². The Kier molecular flexibility index (Phi) is 4.22. The van der Waals surface area contributed by atoms with Gasteiger partial charge in [-0.15, -0.1) is 0 Å². The molecular weight excluding hydrogens is 330 g/mol. The number of H-pyrrole nitrogens is 1. The van der Waals surface area contributed by atoms with Crippen LogP contribution < -0.4 is 4.72 Å². The number of hydrogen-bond acceptors (Lipinski definition) is 5. The molecule has 0 bridgehead atoms. The van der Waals surface area contributed by atoms with Crippen LogP contribution in [-0.4, -0.2) is 31.2 Å². The molecule has 0 spiro atoms. The third kappa shape index (κ3) is 2.95. The Hall–Kier alpha value is -2.87. The quantitative estimate of drug-likeness (QED) is 0.692. The predicted octanol–water partition coefficient (Wildman–Crippen LogP) is 2.54. The number of nitrogens with one attached hydrogen (secondary N) is 2. The Morgan fingerprint density at radius 1 is 1.21 bits per heavy atom. The highest BCUT2D eigenvalue weighted by molar-refractivity contribution is 7.92. The Bertz CT molecular complexity index is 990. The first kappa shape index (κ1) is 16.0. The van der Waals surface area contributed by atoms with Crippen LogP contribution in [0, 0.1) is 0 Å². The Morgan fingerprint density at radius 3 is 2.75 bits per heavy atom. The van der Waals surface area contributed by atoms with Crippen LogP contribution in [0.1, 0.15) is 17.3 Å². The normalized spacial score (nSPS) is 11.4. The van der Waals surface area contributed by atoms with E-state index in [9.17, 15) is 13.2 Å². The number of aromatic amines is 1. The summed E-state index contributed by atoms with van der Waals surface area (Å²) in [4.78, 5) is 11.9. The Labute approximate surface area is 138 Å². The number of rotatable bonds is 5. The van der Waals surface area contributed by atoms with E-state index in [-0.39, 0.29) is 17.2 Å². The van der Waals surface area contributed by atoms with Gasteiger partial charge < -0.3 is 4.74 Å². The lowest BCUT2D eigenvalue weighted by molar-refractivity contribution is 0.0522. The molecule has 8 heteroatoms. The minimum absolute atomic E-state index is 0.135. The fraction of sp³-hybridized carbons (Fsp3) is 0.125. The highest BCUT2D eigenvalue weighted by Gasteiger charge is 2.26. The van der Waals surface area contributed by atoms with Gasteiger partial charge in [0.2, 0.25) is 0 Å². The number of fused-ring (bicyclic) bond motifs is 1.